The van der Waals surface area contributed by atoms with Gasteiger partial charge in [-0.05, 0) is 43.2 Å². The number of anilines is 2. The number of ether oxygens (including phenoxy) is 1. The summed E-state index contributed by atoms with van der Waals surface area (Å²) in [6, 6.07) is 15.2. The number of methoxy groups -OCH3 is 1. The van der Waals surface area contributed by atoms with Gasteiger partial charge in [0.25, 0.3) is 5.91 Å². The monoisotopic (exact) mass is 362 g/mol. The van der Waals surface area contributed by atoms with E-state index in [0.29, 0.717) is 18.2 Å². The second-order valence-corrected chi connectivity index (χ2v) is 6.20. The Kier molecular flexibility index (Phi) is 5.66. The number of aromatic nitrogens is 2. The lowest BCUT2D eigenvalue weighted by Crippen LogP contribution is -2.24. The second-order valence-electron chi connectivity index (χ2n) is 6.20. The minimum absolute atomic E-state index is 0.271. The first kappa shape index (κ1) is 18.4. The van der Waals surface area contributed by atoms with Gasteiger partial charge < -0.3 is 15.4 Å². The van der Waals surface area contributed by atoms with E-state index in [1.807, 2.05) is 56.3 Å². The maximum absolute atomic E-state index is 12.5. The van der Waals surface area contributed by atoms with Gasteiger partial charge in [-0.25, -0.2) is 9.97 Å². The molecule has 3 aromatic rings. The van der Waals surface area contributed by atoms with Crippen molar-refractivity contribution in [2.45, 2.75) is 20.4 Å². The van der Waals surface area contributed by atoms with Gasteiger partial charge in [-0.1, -0.05) is 30.3 Å². The van der Waals surface area contributed by atoms with Gasteiger partial charge in [0.1, 0.15) is 11.4 Å². The number of amides is 1. The van der Waals surface area contributed by atoms with E-state index in [4.69, 9.17) is 4.74 Å². The first-order valence-corrected chi connectivity index (χ1v) is 8.64. The molecule has 6 heteroatoms. The van der Waals surface area contributed by atoms with Crippen LogP contribution in [-0.4, -0.2) is 23.0 Å². The summed E-state index contributed by atoms with van der Waals surface area (Å²) in [6.45, 7) is 4.38. The zero-order valence-corrected chi connectivity index (χ0v) is 15.6. The standard InChI is InChI=1S/C21H22N4O2/c1-14-8-9-15(2)18(12-14)25-21-22-11-10-17(24-21)20(26)23-13-16-6-4-5-7-19(16)27-3/h4-12H,13H2,1-3H3,(H,23,26)(H,22,24,25). The summed E-state index contributed by atoms with van der Waals surface area (Å²) in [4.78, 5) is 21.0. The third kappa shape index (κ3) is 4.61. The molecule has 0 unspecified atom stereocenters. The summed E-state index contributed by atoms with van der Waals surface area (Å²) in [7, 11) is 1.61. The van der Waals surface area contributed by atoms with E-state index in [1.54, 1.807) is 19.4 Å². The van der Waals surface area contributed by atoms with Crippen LogP contribution in [0.3, 0.4) is 0 Å². The molecule has 1 aromatic heterocycles. The quantitative estimate of drug-likeness (QED) is 0.698. The largest absolute Gasteiger partial charge is 0.496 e. The predicted octanol–water partition coefficient (Wildman–Crippen LogP) is 3.78. The van der Waals surface area contributed by atoms with Crippen molar-refractivity contribution >= 4 is 17.5 Å². The SMILES string of the molecule is COc1ccccc1CNC(=O)c1ccnc(Nc2cc(C)ccc2C)n1. The van der Waals surface area contributed by atoms with Crippen LogP contribution in [0.25, 0.3) is 0 Å². The Labute approximate surface area is 158 Å². The lowest BCUT2D eigenvalue weighted by Gasteiger charge is -2.11. The van der Waals surface area contributed by atoms with E-state index in [1.165, 1.54) is 0 Å². The molecule has 2 aromatic carbocycles. The lowest BCUT2D eigenvalue weighted by molar-refractivity contribution is 0.0945. The molecule has 0 spiro atoms. The third-order valence-electron chi connectivity index (χ3n) is 4.16. The molecular formula is C21H22N4O2. The molecule has 0 aliphatic carbocycles. The van der Waals surface area contributed by atoms with Crippen LogP contribution in [0.2, 0.25) is 0 Å². The minimum Gasteiger partial charge on any atom is -0.496 e. The zero-order chi connectivity index (χ0) is 19.2. The smallest absolute Gasteiger partial charge is 0.270 e. The topological polar surface area (TPSA) is 76.1 Å². The molecule has 0 atom stereocenters. The molecular weight excluding hydrogens is 340 g/mol. The highest BCUT2D eigenvalue weighted by Gasteiger charge is 2.11. The molecule has 1 amide bonds. The highest BCUT2D eigenvalue weighted by molar-refractivity contribution is 5.92. The Morgan fingerprint density at radius 1 is 1.11 bits per heavy atom. The van der Waals surface area contributed by atoms with Crippen LogP contribution in [-0.2, 0) is 6.54 Å². The number of aryl methyl sites for hydroxylation is 2. The summed E-state index contributed by atoms with van der Waals surface area (Å²) in [5, 5.41) is 6.04. The number of hydrogen-bond donors (Lipinski definition) is 2. The van der Waals surface area contributed by atoms with E-state index in [2.05, 4.69) is 20.6 Å². The molecule has 3 rings (SSSR count). The number of nitrogens with zero attached hydrogens (tertiary/aromatic N) is 2. The van der Waals surface area contributed by atoms with Crippen LogP contribution in [0.5, 0.6) is 5.75 Å². The normalized spacial score (nSPS) is 10.3. The van der Waals surface area contributed by atoms with Crippen molar-refractivity contribution < 1.29 is 9.53 Å². The Morgan fingerprint density at radius 2 is 1.93 bits per heavy atom. The molecule has 0 saturated heterocycles. The summed E-state index contributed by atoms with van der Waals surface area (Å²) >= 11 is 0. The predicted molar refractivity (Wildman–Crippen MR) is 105 cm³/mol. The average Bonchev–Trinajstić information content (AvgIpc) is 2.69. The average molecular weight is 362 g/mol. The van der Waals surface area contributed by atoms with Crippen molar-refractivity contribution in [2.24, 2.45) is 0 Å². The molecule has 0 aliphatic rings. The molecule has 0 fully saturated rings. The fraction of sp³-hybridized carbons (Fsp3) is 0.190. The molecule has 6 nitrogen and oxygen atoms in total. The molecule has 27 heavy (non-hydrogen) atoms. The number of carbonyl (C=O) groups is 1. The summed E-state index contributed by atoms with van der Waals surface area (Å²) in [5.41, 5.74) is 4.33. The Balaban J connectivity index is 1.71. The van der Waals surface area contributed by atoms with Crippen LogP contribution in [0.15, 0.2) is 54.7 Å². The second kappa shape index (κ2) is 8.31. The molecule has 0 aliphatic heterocycles. The Morgan fingerprint density at radius 3 is 2.74 bits per heavy atom. The van der Waals surface area contributed by atoms with Crippen LogP contribution in [0, 0.1) is 13.8 Å². The zero-order valence-electron chi connectivity index (χ0n) is 15.6. The molecule has 2 N–H and O–H groups in total. The summed E-state index contributed by atoms with van der Waals surface area (Å²) in [6.07, 6.45) is 1.57. The molecule has 0 radical (unpaired) electrons. The van der Waals surface area contributed by atoms with Crippen molar-refractivity contribution in [2.75, 3.05) is 12.4 Å². The van der Waals surface area contributed by atoms with E-state index in [0.717, 1.165) is 28.1 Å². The van der Waals surface area contributed by atoms with Gasteiger partial charge >= 0.3 is 0 Å². The first-order chi connectivity index (χ1) is 13.1. The van der Waals surface area contributed by atoms with E-state index in [-0.39, 0.29) is 5.91 Å². The van der Waals surface area contributed by atoms with Crippen LogP contribution in [0.1, 0.15) is 27.2 Å². The Hall–Kier alpha value is -3.41. The van der Waals surface area contributed by atoms with E-state index < -0.39 is 0 Å². The molecule has 0 bridgehead atoms. The van der Waals surface area contributed by atoms with Crippen molar-refractivity contribution in [3.8, 4) is 5.75 Å². The van der Waals surface area contributed by atoms with Gasteiger partial charge in [0.15, 0.2) is 0 Å². The molecule has 138 valence electrons. The van der Waals surface area contributed by atoms with Crippen molar-refractivity contribution in [1.29, 1.82) is 0 Å². The fourth-order valence-electron chi connectivity index (χ4n) is 2.65. The van der Waals surface area contributed by atoms with Crippen molar-refractivity contribution in [3.63, 3.8) is 0 Å². The summed E-state index contributed by atoms with van der Waals surface area (Å²) in [5.74, 6) is 0.846. The highest BCUT2D eigenvalue weighted by Crippen LogP contribution is 2.20. The highest BCUT2D eigenvalue weighted by atomic mass is 16.5. The van der Waals surface area contributed by atoms with Crippen molar-refractivity contribution in [3.05, 3.63) is 77.1 Å². The molecule has 1 heterocycles. The fourth-order valence-corrected chi connectivity index (χ4v) is 2.65. The lowest BCUT2D eigenvalue weighted by atomic mass is 10.1. The molecule has 0 saturated carbocycles. The number of carbonyl (C=O) groups excluding carboxylic acids is 1. The number of rotatable bonds is 6. The van der Waals surface area contributed by atoms with Crippen molar-refractivity contribution in [1.82, 2.24) is 15.3 Å². The minimum atomic E-state index is -0.271. The number of para-hydroxylation sites is 1. The van der Waals surface area contributed by atoms with Gasteiger partial charge in [-0.3, -0.25) is 4.79 Å². The van der Waals surface area contributed by atoms with Gasteiger partial charge in [-0.15, -0.1) is 0 Å². The maximum Gasteiger partial charge on any atom is 0.270 e. The van der Waals surface area contributed by atoms with Gasteiger partial charge in [-0.2, -0.15) is 0 Å². The van der Waals surface area contributed by atoms with Gasteiger partial charge in [0.05, 0.1) is 7.11 Å². The van der Waals surface area contributed by atoms with E-state index >= 15 is 0 Å². The third-order valence-corrected chi connectivity index (χ3v) is 4.16. The van der Waals surface area contributed by atoms with Gasteiger partial charge in [0.2, 0.25) is 5.95 Å². The van der Waals surface area contributed by atoms with E-state index in [9.17, 15) is 4.79 Å². The summed E-state index contributed by atoms with van der Waals surface area (Å²) < 4.78 is 5.30. The Bertz CT molecular complexity index is 956. The number of hydrogen-bond acceptors (Lipinski definition) is 5. The first-order valence-electron chi connectivity index (χ1n) is 8.64. The van der Waals surface area contributed by atoms with Crippen LogP contribution >= 0.6 is 0 Å². The van der Waals surface area contributed by atoms with Crippen LogP contribution < -0.4 is 15.4 Å². The van der Waals surface area contributed by atoms with Gasteiger partial charge in [0, 0.05) is 24.0 Å². The number of benzene rings is 2. The van der Waals surface area contributed by atoms with Crippen LogP contribution in [0.4, 0.5) is 11.6 Å². The maximum atomic E-state index is 12.5. The number of nitrogens with one attached hydrogen (secondary N) is 2.